The Bertz CT molecular complexity index is 278. The van der Waals surface area contributed by atoms with Crippen molar-refractivity contribution in [2.24, 2.45) is 0 Å². The quantitative estimate of drug-likeness (QED) is 0.332. The minimum Gasteiger partial charge on any atom is -0.379 e. The van der Waals surface area contributed by atoms with Gasteiger partial charge in [0.15, 0.2) is 0 Å². The van der Waals surface area contributed by atoms with Crippen LogP contribution in [-0.2, 0) is 28.5 Å². The molecule has 0 heterocycles. The molecule has 150 valence electrons. The maximum Gasteiger partial charge on any atom is 0.222 e. The van der Waals surface area contributed by atoms with Crippen molar-refractivity contribution in [1.29, 1.82) is 0 Å². The highest BCUT2D eigenvalue weighted by atomic mass is 16.5. The van der Waals surface area contributed by atoms with E-state index in [1.165, 1.54) is 0 Å². The van der Waals surface area contributed by atoms with Gasteiger partial charge < -0.3 is 29.0 Å². The van der Waals surface area contributed by atoms with Crippen molar-refractivity contribution >= 4 is 5.91 Å². The number of nitrogens with one attached hydrogen (secondary N) is 1. The Morgan fingerprint density at radius 3 is 1.76 bits per heavy atom. The SMILES string of the molecule is CCCCOCCOCCOCCNC(=O)CCOCCOCCC. The molecule has 0 saturated carbocycles. The largest absolute Gasteiger partial charge is 0.379 e. The van der Waals surface area contributed by atoms with E-state index in [-0.39, 0.29) is 5.91 Å². The van der Waals surface area contributed by atoms with Crippen molar-refractivity contribution in [3.05, 3.63) is 0 Å². The van der Waals surface area contributed by atoms with Gasteiger partial charge >= 0.3 is 0 Å². The van der Waals surface area contributed by atoms with E-state index in [4.69, 9.17) is 23.7 Å². The van der Waals surface area contributed by atoms with Crippen LogP contribution in [0.3, 0.4) is 0 Å². The van der Waals surface area contributed by atoms with Crippen LogP contribution in [0.25, 0.3) is 0 Å². The second kappa shape index (κ2) is 21.3. The van der Waals surface area contributed by atoms with E-state index in [0.29, 0.717) is 65.8 Å². The van der Waals surface area contributed by atoms with Gasteiger partial charge in [-0.25, -0.2) is 0 Å². The fourth-order valence-electron chi connectivity index (χ4n) is 1.77. The van der Waals surface area contributed by atoms with Gasteiger partial charge in [-0.1, -0.05) is 20.3 Å². The van der Waals surface area contributed by atoms with E-state index >= 15 is 0 Å². The second-order valence-corrected chi connectivity index (χ2v) is 5.52. The van der Waals surface area contributed by atoms with Crippen LogP contribution < -0.4 is 5.32 Å². The maximum absolute atomic E-state index is 11.5. The van der Waals surface area contributed by atoms with Crippen LogP contribution in [0.1, 0.15) is 39.5 Å². The van der Waals surface area contributed by atoms with Gasteiger partial charge in [0.1, 0.15) is 0 Å². The summed E-state index contributed by atoms with van der Waals surface area (Å²) in [6.45, 7) is 10.5. The van der Waals surface area contributed by atoms with Gasteiger partial charge in [-0.2, -0.15) is 0 Å². The second-order valence-electron chi connectivity index (χ2n) is 5.52. The molecule has 0 aromatic rings. The van der Waals surface area contributed by atoms with Crippen LogP contribution in [-0.4, -0.2) is 78.5 Å². The van der Waals surface area contributed by atoms with Crippen LogP contribution >= 0.6 is 0 Å². The molecule has 0 aliphatic rings. The summed E-state index contributed by atoms with van der Waals surface area (Å²) in [6.07, 6.45) is 3.60. The fourth-order valence-corrected chi connectivity index (χ4v) is 1.77. The molecule has 25 heavy (non-hydrogen) atoms. The van der Waals surface area contributed by atoms with Gasteiger partial charge in [0.2, 0.25) is 5.91 Å². The van der Waals surface area contributed by atoms with Crippen molar-refractivity contribution in [3.8, 4) is 0 Å². The van der Waals surface area contributed by atoms with Crippen molar-refractivity contribution < 1.29 is 28.5 Å². The molecule has 0 unspecified atom stereocenters. The summed E-state index contributed by atoms with van der Waals surface area (Å²) in [5.41, 5.74) is 0. The first kappa shape index (κ1) is 24.3. The molecule has 0 aromatic heterocycles. The molecule has 0 rings (SSSR count). The molecule has 1 amide bonds. The molecule has 0 aliphatic carbocycles. The minimum atomic E-state index is -0.0291. The zero-order chi connectivity index (χ0) is 18.4. The van der Waals surface area contributed by atoms with Gasteiger partial charge in [-0.05, 0) is 12.8 Å². The van der Waals surface area contributed by atoms with E-state index in [1.54, 1.807) is 0 Å². The third kappa shape index (κ3) is 21.2. The third-order valence-electron chi connectivity index (χ3n) is 3.15. The Labute approximate surface area is 152 Å². The fraction of sp³-hybridized carbons (Fsp3) is 0.944. The van der Waals surface area contributed by atoms with Gasteiger partial charge in [0.05, 0.1) is 52.9 Å². The van der Waals surface area contributed by atoms with Crippen molar-refractivity contribution in [2.75, 3.05) is 72.6 Å². The highest BCUT2D eigenvalue weighted by Gasteiger charge is 2.00. The molecular weight excluding hydrogens is 326 g/mol. The normalized spacial score (nSPS) is 11.0. The first-order chi connectivity index (χ1) is 12.3. The van der Waals surface area contributed by atoms with E-state index in [2.05, 4.69) is 19.2 Å². The molecule has 7 nitrogen and oxygen atoms in total. The summed E-state index contributed by atoms with van der Waals surface area (Å²) < 4.78 is 26.7. The average molecular weight is 363 g/mol. The summed E-state index contributed by atoms with van der Waals surface area (Å²) in [6, 6.07) is 0. The van der Waals surface area contributed by atoms with Crippen LogP contribution in [0, 0.1) is 0 Å². The zero-order valence-corrected chi connectivity index (χ0v) is 16.1. The van der Waals surface area contributed by atoms with E-state index < -0.39 is 0 Å². The lowest BCUT2D eigenvalue weighted by Crippen LogP contribution is -2.28. The number of rotatable bonds is 20. The van der Waals surface area contributed by atoms with Crippen LogP contribution in [0.2, 0.25) is 0 Å². The van der Waals surface area contributed by atoms with E-state index in [0.717, 1.165) is 32.5 Å². The zero-order valence-electron chi connectivity index (χ0n) is 16.1. The predicted molar refractivity (Wildman–Crippen MR) is 96.9 cm³/mol. The Morgan fingerprint density at radius 2 is 1.16 bits per heavy atom. The number of unbranched alkanes of at least 4 members (excludes halogenated alkanes) is 1. The highest BCUT2D eigenvalue weighted by molar-refractivity contribution is 5.75. The highest BCUT2D eigenvalue weighted by Crippen LogP contribution is 1.88. The van der Waals surface area contributed by atoms with Crippen LogP contribution in [0.4, 0.5) is 0 Å². The van der Waals surface area contributed by atoms with Crippen LogP contribution in [0.5, 0.6) is 0 Å². The smallest absolute Gasteiger partial charge is 0.222 e. The molecule has 0 bridgehead atoms. The van der Waals surface area contributed by atoms with Gasteiger partial charge in [-0.3, -0.25) is 4.79 Å². The van der Waals surface area contributed by atoms with Crippen molar-refractivity contribution in [1.82, 2.24) is 5.32 Å². The summed E-state index contributed by atoms with van der Waals surface area (Å²) in [7, 11) is 0. The van der Waals surface area contributed by atoms with Crippen molar-refractivity contribution in [3.63, 3.8) is 0 Å². The number of carbonyl (C=O) groups is 1. The predicted octanol–water partition coefficient (Wildman–Crippen LogP) is 1.79. The first-order valence-electron chi connectivity index (χ1n) is 9.46. The Morgan fingerprint density at radius 1 is 0.640 bits per heavy atom. The number of hydrogen-bond acceptors (Lipinski definition) is 6. The lowest BCUT2D eigenvalue weighted by atomic mass is 10.4. The number of ether oxygens (including phenoxy) is 5. The van der Waals surface area contributed by atoms with E-state index in [1.807, 2.05) is 0 Å². The Kier molecular flexibility index (Phi) is 20.7. The van der Waals surface area contributed by atoms with E-state index in [9.17, 15) is 4.79 Å². The average Bonchev–Trinajstić information content (AvgIpc) is 2.62. The topological polar surface area (TPSA) is 75.2 Å². The maximum atomic E-state index is 11.5. The molecule has 0 aromatic carbocycles. The first-order valence-corrected chi connectivity index (χ1v) is 9.46. The molecule has 0 atom stereocenters. The number of carbonyl (C=O) groups excluding carboxylic acids is 1. The third-order valence-corrected chi connectivity index (χ3v) is 3.15. The summed E-state index contributed by atoms with van der Waals surface area (Å²) >= 11 is 0. The van der Waals surface area contributed by atoms with Crippen molar-refractivity contribution in [2.45, 2.75) is 39.5 Å². The summed E-state index contributed by atoms with van der Waals surface area (Å²) in [5.74, 6) is -0.0291. The molecule has 0 saturated heterocycles. The molecule has 0 radical (unpaired) electrons. The molecule has 7 heteroatoms. The molecule has 0 spiro atoms. The number of amides is 1. The molecule has 0 aliphatic heterocycles. The summed E-state index contributed by atoms with van der Waals surface area (Å²) in [4.78, 5) is 11.5. The van der Waals surface area contributed by atoms with Crippen LogP contribution in [0.15, 0.2) is 0 Å². The van der Waals surface area contributed by atoms with Gasteiger partial charge in [0, 0.05) is 26.2 Å². The monoisotopic (exact) mass is 363 g/mol. The number of hydrogen-bond donors (Lipinski definition) is 1. The lowest BCUT2D eigenvalue weighted by molar-refractivity contribution is -0.122. The lowest BCUT2D eigenvalue weighted by Gasteiger charge is -2.08. The molecule has 0 fully saturated rings. The van der Waals surface area contributed by atoms with Gasteiger partial charge in [0.25, 0.3) is 0 Å². The standard InChI is InChI=1S/C18H37NO6/c1-3-5-9-22-13-16-25-17-15-24-11-7-19-18(20)6-10-23-14-12-21-8-4-2/h3-17H2,1-2H3,(H,19,20). The minimum absolute atomic E-state index is 0.0291. The Balaban J connectivity index is 3.12. The molecule has 1 N–H and O–H groups in total. The van der Waals surface area contributed by atoms with Gasteiger partial charge in [-0.15, -0.1) is 0 Å². The summed E-state index contributed by atoms with van der Waals surface area (Å²) in [5, 5.41) is 2.79. The molecular formula is C18H37NO6. The Hall–Kier alpha value is -0.730.